The molecule has 0 spiro atoms. The summed E-state index contributed by atoms with van der Waals surface area (Å²) < 4.78 is 112. The van der Waals surface area contributed by atoms with Gasteiger partial charge in [0.1, 0.15) is 5.73 Å². The fourth-order valence-corrected chi connectivity index (χ4v) is 5.11. The Labute approximate surface area is 155 Å². The van der Waals surface area contributed by atoms with E-state index in [1.807, 2.05) is 0 Å². The molecule has 4 nitrogen and oxygen atoms in total. The van der Waals surface area contributed by atoms with Crippen LogP contribution in [0, 0.1) is 0 Å². The van der Waals surface area contributed by atoms with Crippen molar-refractivity contribution in [2.75, 3.05) is 19.8 Å². The summed E-state index contributed by atoms with van der Waals surface area (Å²) in [6.45, 7) is 6.17. The van der Waals surface area contributed by atoms with E-state index in [-0.39, 0.29) is 19.8 Å². The van der Waals surface area contributed by atoms with E-state index in [1.54, 1.807) is 20.8 Å². The van der Waals surface area contributed by atoms with E-state index in [0.717, 1.165) is 0 Å². The fourth-order valence-electron chi connectivity index (χ4n) is 2.03. The fraction of sp³-hybridized carbons (Fsp3) is 1.00. The average Bonchev–Trinajstić information content (AvgIpc) is 2.57. The normalized spacial score (nSPS) is 15.2. The lowest BCUT2D eigenvalue weighted by Gasteiger charge is -2.39. The summed E-state index contributed by atoms with van der Waals surface area (Å²) in [4.78, 5) is 0. The molecule has 0 saturated carbocycles. The van der Waals surface area contributed by atoms with Crippen molar-refractivity contribution in [2.45, 2.75) is 77.3 Å². The molecule has 0 aromatic rings. The summed E-state index contributed by atoms with van der Waals surface area (Å²) in [5.41, 5.74) is -1.99. The number of hydrogen-bond acceptors (Lipinski definition) is 4. The van der Waals surface area contributed by atoms with Crippen LogP contribution in [0.15, 0.2) is 0 Å². The minimum Gasteiger partial charge on any atom is -0.372 e. The second kappa shape index (κ2) is 10.9. The third-order valence-corrected chi connectivity index (χ3v) is 6.46. The maximum atomic E-state index is 14.1. The highest BCUT2D eigenvalue weighted by Crippen LogP contribution is 2.48. The topological polar surface area (TPSA) is 36.9 Å². The smallest absolute Gasteiger partial charge is 0.372 e. The van der Waals surface area contributed by atoms with E-state index >= 15 is 0 Å². The first-order valence-corrected chi connectivity index (χ1v) is 10.6. The van der Waals surface area contributed by atoms with E-state index in [9.17, 15) is 30.7 Å². The quantitative estimate of drug-likeness (QED) is 0.291. The second-order valence-corrected chi connectivity index (χ2v) is 8.47. The summed E-state index contributed by atoms with van der Waals surface area (Å²) in [5, 5.41) is 0. The van der Waals surface area contributed by atoms with Crippen molar-refractivity contribution in [1.82, 2.24) is 0 Å². The molecule has 0 aromatic heterocycles. The molecule has 0 aliphatic carbocycles. The van der Waals surface area contributed by atoms with Gasteiger partial charge in [0.2, 0.25) is 0 Å². The molecular weight excluding hydrogens is 405 g/mol. The van der Waals surface area contributed by atoms with Gasteiger partial charge in [-0.3, -0.25) is 0 Å². The van der Waals surface area contributed by atoms with Crippen LogP contribution in [-0.4, -0.2) is 52.6 Å². The van der Waals surface area contributed by atoms with Gasteiger partial charge in [-0.1, -0.05) is 27.7 Å². The monoisotopic (exact) mass is 432 g/mol. The molecule has 0 amide bonds. The lowest BCUT2D eigenvalue weighted by Crippen LogP contribution is -2.64. The predicted octanol–water partition coefficient (Wildman–Crippen LogP) is 5.33. The minimum absolute atomic E-state index is 0.0448. The highest BCUT2D eigenvalue weighted by molar-refractivity contribution is 6.62. The first kappa shape index (κ1) is 26.6. The number of alkyl halides is 7. The van der Waals surface area contributed by atoms with Gasteiger partial charge in [0.25, 0.3) is 0 Å². The van der Waals surface area contributed by atoms with Crippen LogP contribution >= 0.6 is 0 Å². The van der Waals surface area contributed by atoms with Crippen molar-refractivity contribution in [3.8, 4) is 0 Å². The van der Waals surface area contributed by atoms with E-state index in [4.69, 9.17) is 13.3 Å². The van der Waals surface area contributed by atoms with Gasteiger partial charge in [-0.05, 0) is 25.7 Å². The molecule has 0 aliphatic heterocycles. The Morgan fingerprint density at radius 2 is 1.00 bits per heavy atom. The zero-order chi connectivity index (χ0) is 21.4. The molecule has 27 heavy (non-hydrogen) atoms. The third-order valence-electron chi connectivity index (χ3n) is 3.32. The molecule has 0 bridgehead atoms. The first-order chi connectivity index (χ1) is 12.3. The summed E-state index contributed by atoms with van der Waals surface area (Å²) in [7, 11) is -4.22. The largest absolute Gasteiger partial charge is 0.531 e. The van der Waals surface area contributed by atoms with Crippen LogP contribution in [0.1, 0.15) is 53.4 Å². The zero-order valence-electron chi connectivity index (χ0n) is 15.8. The van der Waals surface area contributed by atoms with Crippen molar-refractivity contribution in [1.29, 1.82) is 0 Å². The third kappa shape index (κ3) is 6.84. The predicted molar refractivity (Wildman–Crippen MR) is 85.6 cm³/mol. The molecule has 0 saturated heterocycles. The maximum absolute atomic E-state index is 14.1. The Hall–Kier alpha value is -0.433. The molecule has 1 atom stereocenters. The number of ether oxygens (including phenoxy) is 1. The van der Waals surface area contributed by atoms with Crippen LogP contribution in [0.2, 0.25) is 0 Å². The van der Waals surface area contributed by atoms with Crippen LogP contribution in [0.5, 0.6) is 0 Å². The summed E-state index contributed by atoms with van der Waals surface area (Å²) in [6.07, 6.45) is -11.9. The molecule has 164 valence electrons. The number of hydrogen-bond donors (Lipinski definition) is 0. The highest BCUT2D eigenvalue weighted by Gasteiger charge is 2.76. The van der Waals surface area contributed by atoms with E-state index in [1.165, 1.54) is 6.92 Å². The van der Waals surface area contributed by atoms with Gasteiger partial charge >= 0.3 is 27.0 Å². The Morgan fingerprint density at radius 1 is 0.667 bits per heavy atom. The molecule has 0 heterocycles. The zero-order valence-corrected chi connectivity index (χ0v) is 16.8. The van der Waals surface area contributed by atoms with Gasteiger partial charge in [-0.2, -0.15) is 30.7 Å². The Kier molecular flexibility index (Phi) is 10.8. The molecule has 0 radical (unpaired) electrons. The van der Waals surface area contributed by atoms with Gasteiger partial charge in [-0.15, -0.1) is 0 Å². The maximum Gasteiger partial charge on any atom is 0.531 e. The molecule has 0 N–H and O–H groups in total. The van der Waals surface area contributed by atoms with Crippen LogP contribution in [0.3, 0.4) is 0 Å². The van der Waals surface area contributed by atoms with Gasteiger partial charge in [0, 0.05) is 19.8 Å². The average molecular weight is 432 g/mol. The van der Waals surface area contributed by atoms with Crippen LogP contribution in [0.25, 0.3) is 0 Å². The number of rotatable bonds is 13. The Morgan fingerprint density at radius 3 is 1.22 bits per heavy atom. The van der Waals surface area contributed by atoms with Crippen molar-refractivity contribution in [3.63, 3.8) is 0 Å². The molecule has 12 heteroatoms. The van der Waals surface area contributed by atoms with Crippen LogP contribution in [-0.2, 0) is 18.0 Å². The Bertz CT molecular complexity index is 382. The van der Waals surface area contributed by atoms with Gasteiger partial charge in [0.05, 0.1) is 0 Å². The van der Waals surface area contributed by atoms with E-state index in [0.29, 0.717) is 19.3 Å². The first-order valence-electron chi connectivity index (χ1n) is 8.77. The van der Waals surface area contributed by atoms with Crippen molar-refractivity contribution < 1.29 is 48.7 Å². The SMILES string of the molecule is CCCO[Si](OCCC)(OCCC)C(CC)OC(F)(C(F)(F)F)C(F)(F)F. The van der Waals surface area contributed by atoms with Crippen LogP contribution in [0.4, 0.5) is 30.7 Å². The van der Waals surface area contributed by atoms with Crippen molar-refractivity contribution >= 4 is 8.80 Å². The minimum atomic E-state index is -6.33. The molecule has 1 unspecified atom stereocenters. The molecular formula is C15H27F7O4Si. The lowest BCUT2D eigenvalue weighted by molar-refractivity contribution is -0.435. The summed E-state index contributed by atoms with van der Waals surface area (Å²) in [6, 6.07) is 0. The second-order valence-electron chi connectivity index (χ2n) is 5.75. The molecule has 0 rings (SSSR count). The van der Waals surface area contributed by atoms with E-state index < -0.39 is 39.2 Å². The van der Waals surface area contributed by atoms with Gasteiger partial charge in [0.15, 0.2) is 0 Å². The molecule has 0 aromatic carbocycles. The van der Waals surface area contributed by atoms with Crippen molar-refractivity contribution in [3.05, 3.63) is 0 Å². The molecule has 0 aliphatic rings. The van der Waals surface area contributed by atoms with Gasteiger partial charge < -0.3 is 18.0 Å². The standard InChI is InChI=1S/C15H27F7O4Si/c1-5-9-23-27(24-10-6-2,25-11-7-3)12(8-4)26-13(16,14(17,18)19)15(20,21)22/h12H,5-11H2,1-4H3. The lowest BCUT2D eigenvalue weighted by atomic mass is 10.3. The van der Waals surface area contributed by atoms with E-state index in [2.05, 4.69) is 4.74 Å². The highest BCUT2D eigenvalue weighted by atomic mass is 28.4. The molecule has 0 fully saturated rings. The Balaban J connectivity index is 6.03. The van der Waals surface area contributed by atoms with Crippen molar-refractivity contribution in [2.24, 2.45) is 0 Å². The van der Waals surface area contributed by atoms with Gasteiger partial charge in [-0.25, -0.2) is 0 Å². The number of halogens is 7. The summed E-state index contributed by atoms with van der Waals surface area (Å²) >= 11 is 0. The summed E-state index contributed by atoms with van der Waals surface area (Å²) in [5.74, 6) is -5.86. The van der Waals surface area contributed by atoms with Crippen LogP contribution < -0.4 is 0 Å².